The summed E-state index contributed by atoms with van der Waals surface area (Å²) in [7, 11) is -3.67. The summed E-state index contributed by atoms with van der Waals surface area (Å²) in [6, 6.07) is 0. The van der Waals surface area contributed by atoms with Gasteiger partial charge in [0.2, 0.25) is 0 Å². The average molecular weight is 289 g/mol. The van der Waals surface area contributed by atoms with Crippen molar-refractivity contribution in [2.24, 2.45) is 0 Å². The van der Waals surface area contributed by atoms with Gasteiger partial charge in [0.1, 0.15) is 0 Å². The molecule has 0 rings (SSSR count). The quantitative estimate of drug-likeness (QED) is 0.382. The number of hydrogen-bond donors (Lipinski definition) is 3. The van der Waals surface area contributed by atoms with E-state index in [1.165, 1.54) is 5.23 Å². The van der Waals surface area contributed by atoms with Crippen LogP contribution in [0.15, 0.2) is 0 Å². The molecule has 0 unspecified atom stereocenters. The van der Waals surface area contributed by atoms with Gasteiger partial charge in [-0.05, 0) is 6.42 Å². The molecule has 0 atom stereocenters. The summed E-state index contributed by atoms with van der Waals surface area (Å²) < 4.78 is 25.9. The topological polar surface area (TPSA) is 117 Å². The van der Waals surface area contributed by atoms with Crippen LogP contribution in [0.3, 0.4) is 0 Å². The lowest BCUT2D eigenvalue weighted by Gasteiger charge is -2.19. The van der Waals surface area contributed by atoms with Crippen molar-refractivity contribution in [2.75, 3.05) is 39.2 Å². The van der Waals surface area contributed by atoms with Crippen molar-refractivity contribution < 1.29 is 32.9 Å². The third kappa shape index (κ3) is 24.8. The molecule has 0 bridgehead atoms. The Hall–Kier alpha value is -0.290. The third-order valence-corrected chi connectivity index (χ3v) is 1.35. The number of nitrogens with zero attached hydrogens (tertiary/aromatic N) is 1. The van der Waals surface area contributed by atoms with E-state index in [9.17, 15) is 8.42 Å². The van der Waals surface area contributed by atoms with Crippen LogP contribution in [0.5, 0.6) is 0 Å². The molecule has 0 saturated heterocycles. The van der Waals surface area contributed by atoms with Crippen LogP contribution in [0.2, 0.25) is 0 Å². The molecule has 8 nitrogen and oxygen atoms in total. The lowest BCUT2D eigenvalue weighted by molar-refractivity contribution is -0.371. The molecule has 3 N–H and O–H groups in total. The molecule has 112 valence electrons. The van der Waals surface area contributed by atoms with Gasteiger partial charge < -0.3 is 10.2 Å². The summed E-state index contributed by atoms with van der Waals surface area (Å²) in [5.41, 5.74) is 0. The van der Waals surface area contributed by atoms with Crippen LogP contribution < -0.4 is 0 Å². The number of rotatable bonds is 9. The highest BCUT2D eigenvalue weighted by atomic mass is 32.2. The van der Waals surface area contributed by atoms with E-state index in [2.05, 4.69) is 6.92 Å². The maximum Gasteiger partial charge on any atom is 0.261 e. The first kappa shape index (κ1) is 20.0. The molecule has 0 saturated carbocycles. The Labute approximate surface area is 108 Å². The van der Waals surface area contributed by atoms with E-state index in [1.54, 1.807) is 0 Å². The van der Waals surface area contributed by atoms with Crippen molar-refractivity contribution in [3.63, 3.8) is 0 Å². The Kier molecular flexibility index (Phi) is 14.6. The van der Waals surface area contributed by atoms with Gasteiger partial charge in [-0.3, -0.25) is 14.2 Å². The van der Waals surface area contributed by atoms with Crippen LogP contribution >= 0.6 is 0 Å². The first-order valence-corrected chi connectivity index (χ1v) is 7.37. The zero-order valence-electron chi connectivity index (χ0n) is 10.8. The SMILES string of the molecule is CCCCN(OCCO)OCCO.CS(=O)(=O)O. The van der Waals surface area contributed by atoms with Crippen molar-refractivity contribution in [2.45, 2.75) is 19.8 Å². The predicted molar refractivity (Wildman–Crippen MR) is 65.2 cm³/mol. The average Bonchev–Trinajstić information content (AvgIpc) is 2.26. The highest BCUT2D eigenvalue weighted by Gasteiger charge is 2.03. The molecule has 0 aromatic heterocycles. The minimum Gasteiger partial charge on any atom is -0.394 e. The van der Waals surface area contributed by atoms with E-state index >= 15 is 0 Å². The molecule has 0 aliphatic carbocycles. The second-order valence-corrected chi connectivity index (χ2v) is 4.72. The Morgan fingerprint density at radius 3 is 1.78 bits per heavy atom. The van der Waals surface area contributed by atoms with E-state index in [4.69, 9.17) is 24.4 Å². The molecular weight excluding hydrogens is 266 g/mol. The first-order chi connectivity index (χ1) is 8.35. The van der Waals surface area contributed by atoms with Crippen LogP contribution in [-0.2, 0) is 19.8 Å². The van der Waals surface area contributed by atoms with Gasteiger partial charge in [0.15, 0.2) is 0 Å². The summed E-state index contributed by atoms with van der Waals surface area (Å²) in [4.78, 5) is 10.1. The fourth-order valence-corrected chi connectivity index (χ4v) is 0.739. The second kappa shape index (κ2) is 13.1. The minimum atomic E-state index is -3.67. The lowest BCUT2D eigenvalue weighted by Crippen LogP contribution is -2.28. The summed E-state index contributed by atoms with van der Waals surface area (Å²) >= 11 is 0. The van der Waals surface area contributed by atoms with E-state index in [0.717, 1.165) is 12.8 Å². The molecule has 0 fully saturated rings. The Morgan fingerprint density at radius 1 is 1.11 bits per heavy atom. The maximum absolute atomic E-state index is 9.19. The van der Waals surface area contributed by atoms with Gasteiger partial charge in [-0.15, -0.1) is 0 Å². The largest absolute Gasteiger partial charge is 0.394 e. The van der Waals surface area contributed by atoms with E-state index < -0.39 is 10.1 Å². The third-order valence-electron chi connectivity index (χ3n) is 1.35. The number of unbranched alkanes of at least 4 members (excludes halogenated alkanes) is 1. The smallest absolute Gasteiger partial charge is 0.261 e. The van der Waals surface area contributed by atoms with Gasteiger partial charge in [-0.25, -0.2) is 0 Å². The van der Waals surface area contributed by atoms with Crippen LogP contribution in [0.25, 0.3) is 0 Å². The number of aliphatic hydroxyl groups excluding tert-OH is 2. The van der Waals surface area contributed by atoms with Gasteiger partial charge in [0, 0.05) is 0 Å². The molecule has 18 heavy (non-hydrogen) atoms. The van der Waals surface area contributed by atoms with Crippen LogP contribution in [0, 0.1) is 0 Å². The summed E-state index contributed by atoms with van der Waals surface area (Å²) in [6.45, 7) is 3.08. The highest BCUT2D eigenvalue weighted by Crippen LogP contribution is 1.97. The molecule has 0 aromatic carbocycles. The first-order valence-electron chi connectivity index (χ1n) is 5.52. The van der Waals surface area contributed by atoms with E-state index in [1.807, 2.05) is 0 Å². The normalized spacial score (nSPS) is 11.2. The van der Waals surface area contributed by atoms with Gasteiger partial charge >= 0.3 is 0 Å². The maximum atomic E-state index is 9.19. The Balaban J connectivity index is 0. The lowest BCUT2D eigenvalue weighted by atomic mass is 10.3. The van der Waals surface area contributed by atoms with E-state index in [-0.39, 0.29) is 26.4 Å². The summed E-state index contributed by atoms with van der Waals surface area (Å²) in [5, 5.41) is 18.3. The van der Waals surface area contributed by atoms with Crippen molar-refractivity contribution >= 4 is 10.1 Å². The summed E-state index contributed by atoms with van der Waals surface area (Å²) in [6.07, 6.45) is 2.71. The fraction of sp³-hybridized carbons (Fsp3) is 1.00. The van der Waals surface area contributed by atoms with Crippen molar-refractivity contribution in [1.29, 1.82) is 0 Å². The van der Waals surface area contributed by atoms with Gasteiger partial charge in [0.25, 0.3) is 10.1 Å². The Bertz CT molecular complexity index is 231. The fourth-order valence-electron chi connectivity index (χ4n) is 0.739. The number of aliphatic hydroxyl groups is 2. The number of hydrogen-bond acceptors (Lipinski definition) is 7. The molecule has 0 spiro atoms. The predicted octanol–water partition coefficient (Wildman–Crippen LogP) is -0.560. The van der Waals surface area contributed by atoms with Crippen molar-refractivity contribution in [3.05, 3.63) is 0 Å². The molecule has 0 radical (unpaired) electrons. The molecular formula is C9H23NO7S. The van der Waals surface area contributed by atoms with Crippen molar-refractivity contribution in [1.82, 2.24) is 5.23 Å². The number of hydroxylamine groups is 2. The van der Waals surface area contributed by atoms with Crippen LogP contribution in [0.4, 0.5) is 0 Å². The minimum absolute atomic E-state index is 0.0366. The Morgan fingerprint density at radius 2 is 1.50 bits per heavy atom. The van der Waals surface area contributed by atoms with E-state index in [0.29, 0.717) is 12.8 Å². The van der Waals surface area contributed by atoms with Crippen LogP contribution in [-0.4, -0.2) is 67.6 Å². The highest BCUT2D eigenvalue weighted by molar-refractivity contribution is 7.85. The second-order valence-electron chi connectivity index (χ2n) is 3.26. The molecule has 9 heteroatoms. The zero-order chi connectivity index (χ0) is 14.4. The standard InChI is InChI=1S/C8H19NO4.CH4O3S/c1-2-3-4-9(12-7-5-10)13-8-6-11;1-5(2,3)4/h10-11H,2-8H2,1H3;1H3,(H,2,3,4). The molecule has 0 amide bonds. The van der Waals surface area contributed by atoms with Gasteiger partial charge in [0.05, 0.1) is 39.2 Å². The molecule has 0 aliphatic heterocycles. The zero-order valence-corrected chi connectivity index (χ0v) is 11.6. The molecule has 0 aliphatic rings. The van der Waals surface area contributed by atoms with Crippen molar-refractivity contribution in [3.8, 4) is 0 Å². The monoisotopic (exact) mass is 289 g/mol. The molecule has 0 aromatic rings. The van der Waals surface area contributed by atoms with Gasteiger partial charge in [-0.2, -0.15) is 8.42 Å². The molecule has 0 heterocycles. The van der Waals surface area contributed by atoms with Crippen LogP contribution in [0.1, 0.15) is 19.8 Å². The van der Waals surface area contributed by atoms with Gasteiger partial charge in [-0.1, -0.05) is 18.6 Å². The summed E-state index contributed by atoms with van der Waals surface area (Å²) in [5.74, 6) is 0.